The van der Waals surface area contributed by atoms with Crippen molar-refractivity contribution in [1.29, 1.82) is 0 Å². The molecule has 0 unspecified atom stereocenters. The Morgan fingerprint density at radius 2 is 1.96 bits per heavy atom. The van der Waals surface area contributed by atoms with Crippen LogP contribution < -0.4 is 9.92 Å². The zero-order valence-corrected chi connectivity index (χ0v) is 15.0. The average Bonchev–Trinajstić information content (AvgIpc) is 2.86. The van der Waals surface area contributed by atoms with E-state index in [9.17, 15) is 17.9 Å². The van der Waals surface area contributed by atoms with Gasteiger partial charge < -0.3 is 19.4 Å². The van der Waals surface area contributed by atoms with Gasteiger partial charge in [-0.15, -0.1) is 0 Å². The van der Waals surface area contributed by atoms with Gasteiger partial charge in [0, 0.05) is 11.1 Å². The van der Waals surface area contributed by atoms with E-state index in [2.05, 4.69) is 4.18 Å². The SMILES string of the molecule is NCc1oc2c(-c3c(Cl)ccc(OS(=O)(=O)O)c3Cl)cc(F)cc2c1O. The topological polar surface area (TPSA) is 123 Å². The molecule has 0 atom stereocenters. The van der Waals surface area contributed by atoms with Crippen LogP contribution in [-0.2, 0) is 16.9 Å². The molecule has 26 heavy (non-hydrogen) atoms. The highest BCUT2D eigenvalue weighted by molar-refractivity contribution is 7.81. The lowest BCUT2D eigenvalue weighted by atomic mass is 10.0. The van der Waals surface area contributed by atoms with Crippen LogP contribution in [0.25, 0.3) is 22.1 Å². The zero-order chi connectivity index (χ0) is 19.2. The third-order valence-electron chi connectivity index (χ3n) is 3.50. The van der Waals surface area contributed by atoms with Gasteiger partial charge in [-0.05, 0) is 24.3 Å². The molecule has 0 bridgehead atoms. The maximum Gasteiger partial charge on any atom is 0.446 e. The fraction of sp³-hybridized carbons (Fsp3) is 0.0667. The van der Waals surface area contributed by atoms with Gasteiger partial charge in [0.2, 0.25) is 0 Å². The second kappa shape index (κ2) is 6.60. The smallest absolute Gasteiger partial charge is 0.446 e. The minimum atomic E-state index is -4.85. The first-order valence-electron chi connectivity index (χ1n) is 6.91. The number of rotatable bonds is 4. The normalized spacial score (nSPS) is 11.9. The molecular weight excluding hydrogens is 412 g/mol. The van der Waals surface area contributed by atoms with Crippen molar-refractivity contribution in [3.8, 4) is 22.6 Å². The minimum absolute atomic E-state index is 0.0173. The Balaban J connectivity index is 2.35. The molecule has 0 radical (unpaired) electrons. The monoisotopic (exact) mass is 421 g/mol. The molecular formula is C15H10Cl2FNO6S. The molecule has 0 aliphatic rings. The van der Waals surface area contributed by atoms with Crippen molar-refractivity contribution in [2.75, 3.05) is 0 Å². The van der Waals surface area contributed by atoms with E-state index in [1.807, 2.05) is 0 Å². The summed E-state index contributed by atoms with van der Waals surface area (Å²) in [4.78, 5) is 0. The van der Waals surface area contributed by atoms with Crippen LogP contribution in [0.3, 0.4) is 0 Å². The maximum absolute atomic E-state index is 14.1. The van der Waals surface area contributed by atoms with Gasteiger partial charge in [-0.25, -0.2) is 4.39 Å². The highest BCUT2D eigenvalue weighted by Crippen LogP contribution is 2.46. The zero-order valence-electron chi connectivity index (χ0n) is 12.7. The van der Waals surface area contributed by atoms with Gasteiger partial charge in [0.25, 0.3) is 0 Å². The number of fused-ring (bicyclic) bond motifs is 1. The van der Waals surface area contributed by atoms with Crippen LogP contribution in [0.4, 0.5) is 4.39 Å². The molecule has 0 aliphatic heterocycles. The molecule has 1 heterocycles. The second-order valence-corrected chi connectivity index (χ2v) is 6.96. The molecule has 138 valence electrons. The van der Waals surface area contributed by atoms with Crippen molar-refractivity contribution in [2.45, 2.75) is 6.54 Å². The summed E-state index contributed by atoms with van der Waals surface area (Å²) in [6, 6.07) is 4.43. The van der Waals surface area contributed by atoms with Crippen molar-refractivity contribution in [3.63, 3.8) is 0 Å². The number of nitrogens with two attached hydrogens (primary N) is 1. The van der Waals surface area contributed by atoms with E-state index < -0.39 is 22.0 Å². The van der Waals surface area contributed by atoms with Gasteiger partial charge in [0.1, 0.15) is 11.4 Å². The molecule has 3 aromatic rings. The van der Waals surface area contributed by atoms with Gasteiger partial charge in [0.05, 0.1) is 22.0 Å². The van der Waals surface area contributed by atoms with Gasteiger partial charge in [-0.3, -0.25) is 4.55 Å². The Bertz CT molecular complexity index is 1130. The standard InChI is InChI=1S/C15H10Cl2FNO6S/c16-9-1-2-10(25-26(21,22)23)13(17)12(9)7-3-6(18)4-8-14(20)11(5-19)24-15(7)8/h1-4,20H,5,19H2,(H,21,22,23). The van der Waals surface area contributed by atoms with Crippen LogP contribution in [0.1, 0.15) is 5.76 Å². The van der Waals surface area contributed by atoms with Crippen LogP contribution in [0, 0.1) is 5.82 Å². The molecule has 0 aliphatic carbocycles. The van der Waals surface area contributed by atoms with Gasteiger partial charge in [-0.1, -0.05) is 23.2 Å². The maximum atomic E-state index is 14.1. The van der Waals surface area contributed by atoms with Gasteiger partial charge in [0.15, 0.2) is 17.3 Å². The van der Waals surface area contributed by atoms with Crippen molar-refractivity contribution in [3.05, 3.63) is 45.9 Å². The molecule has 0 amide bonds. The number of halogens is 3. The summed E-state index contributed by atoms with van der Waals surface area (Å²) in [7, 11) is -4.85. The number of hydrogen-bond acceptors (Lipinski definition) is 6. The van der Waals surface area contributed by atoms with Crippen LogP contribution in [0.2, 0.25) is 10.0 Å². The number of hydrogen-bond donors (Lipinski definition) is 3. The van der Waals surface area contributed by atoms with Gasteiger partial charge in [-0.2, -0.15) is 8.42 Å². The predicted molar refractivity (Wildman–Crippen MR) is 93.4 cm³/mol. The lowest BCUT2D eigenvalue weighted by molar-refractivity contribution is 0.387. The molecule has 0 saturated heterocycles. The minimum Gasteiger partial charge on any atom is -0.504 e. The summed E-state index contributed by atoms with van der Waals surface area (Å²) in [6.45, 7) is -0.144. The summed E-state index contributed by atoms with van der Waals surface area (Å²) < 4.78 is 54.7. The predicted octanol–water partition coefficient (Wildman–Crippen LogP) is 3.89. The van der Waals surface area contributed by atoms with Crippen LogP contribution in [0.5, 0.6) is 11.5 Å². The lowest BCUT2D eigenvalue weighted by Crippen LogP contribution is -2.07. The number of benzene rings is 2. The van der Waals surface area contributed by atoms with Crippen molar-refractivity contribution >= 4 is 44.6 Å². The Labute approximate surface area is 156 Å². The van der Waals surface area contributed by atoms with E-state index in [1.165, 1.54) is 6.07 Å². The van der Waals surface area contributed by atoms with E-state index in [1.54, 1.807) is 0 Å². The summed E-state index contributed by atoms with van der Waals surface area (Å²) in [5.41, 5.74) is 5.54. The molecule has 0 saturated carbocycles. The molecule has 2 aromatic carbocycles. The van der Waals surface area contributed by atoms with E-state index in [0.29, 0.717) is 0 Å². The number of aromatic hydroxyl groups is 1. The third kappa shape index (κ3) is 3.31. The molecule has 3 rings (SSSR count). The average molecular weight is 422 g/mol. The Hall–Kier alpha value is -2.04. The van der Waals surface area contributed by atoms with Crippen LogP contribution in [0.15, 0.2) is 28.7 Å². The lowest BCUT2D eigenvalue weighted by Gasteiger charge is -2.12. The third-order valence-corrected chi connectivity index (χ3v) is 4.58. The molecule has 4 N–H and O–H groups in total. The Morgan fingerprint density at radius 3 is 2.58 bits per heavy atom. The van der Waals surface area contributed by atoms with Crippen LogP contribution in [-0.4, -0.2) is 18.1 Å². The Kier molecular flexibility index (Phi) is 4.76. The summed E-state index contributed by atoms with van der Waals surface area (Å²) in [5, 5.41) is 9.83. The van der Waals surface area contributed by atoms with E-state index in [-0.39, 0.29) is 50.2 Å². The Morgan fingerprint density at radius 1 is 1.27 bits per heavy atom. The van der Waals surface area contributed by atoms with Crippen molar-refractivity contribution in [1.82, 2.24) is 0 Å². The fourth-order valence-corrected chi connectivity index (χ4v) is 3.51. The first kappa shape index (κ1) is 18.7. The molecule has 0 spiro atoms. The highest BCUT2D eigenvalue weighted by atomic mass is 35.5. The summed E-state index contributed by atoms with van der Waals surface area (Å²) >= 11 is 12.3. The van der Waals surface area contributed by atoms with E-state index >= 15 is 0 Å². The van der Waals surface area contributed by atoms with Crippen molar-refractivity contribution < 1.29 is 31.1 Å². The molecule has 0 fully saturated rings. The number of furan rings is 1. The summed E-state index contributed by atoms with van der Waals surface area (Å²) in [5.74, 6) is -1.48. The molecule has 11 heteroatoms. The van der Waals surface area contributed by atoms with Crippen LogP contribution >= 0.6 is 23.2 Å². The molecule has 1 aromatic heterocycles. The first-order valence-corrected chi connectivity index (χ1v) is 9.03. The fourth-order valence-electron chi connectivity index (χ4n) is 2.48. The first-order chi connectivity index (χ1) is 12.1. The molecule has 7 nitrogen and oxygen atoms in total. The highest BCUT2D eigenvalue weighted by Gasteiger charge is 2.23. The second-order valence-electron chi connectivity index (χ2n) is 5.15. The van der Waals surface area contributed by atoms with E-state index in [4.69, 9.17) is 37.9 Å². The van der Waals surface area contributed by atoms with Gasteiger partial charge >= 0.3 is 10.4 Å². The largest absolute Gasteiger partial charge is 0.504 e. The quantitative estimate of drug-likeness (QED) is 0.545. The summed E-state index contributed by atoms with van der Waals surface area (Å²) in [6.07, 6.45) is 0. The van der Waals surface area contributed by atoms with Crippen molar-refractivity contribution in [2.24, 2.45) is 5.73 Å². The van der Waals surface area contributed by atoms with E-state index in [0.717, 1.165) is 18.2 Å².